The summed E-state index contributed by atoms with van der Waals surface area (Å²) in [6.07, 6.45) is 5.54. The van der Waals surface area contributed by atoms with E-state index in [1.54, 1.807) is 11.3 Å². The summed E-state index contributed by atoms with van der Waals surface area (Å²) < 4.78 is 6.13. The molecule has 2 N–H and O–H groups in total. The van der Waals surface area contributed by atoms with Crippen molar-refractivity contribution in [3.63, 3.8) is 0 Å². The highest BCUT2D eigenvalue weighted by Gasteiger charge is 2.41. The molecule has 0 aliphatic heterocycles. The standard InChI is InChI=1S/C15H26N2OS/c1-4-18-15(7-5-6-11(2)9-15)14(16)8-13-10-19-12(3)17-13/h10-11,14H,4-9,16H2,1-3H3. The second-order valence-corrected chi connectivity index (χ2v) is 6.93. The lowest BCUT2D eigenvalue weighted by atomic mass is 9.73. The Balaban J connectivity index is 2.09. The largest absolute Gasteiger partial charge is 0.374 e. The molecule has 0 amide bonds. The predicted octanol–water partition coefficient (Wildman–Crippen LogP) is 3.31. The molecule has 19 heavy (non-hydrogen) atoms. The van der Waals surface area contributed by atoms with Crippen LogP contribution in [0.2, 0.25) is 0 Å². The molecule has 0 spiro atoms. The van der Waals surface area contributed by atoms with Crippen LogP contribution in [0.4, 0.5) is 0 Å². The quantitative estimate of drug-likeness (QED) is 0.901. The van der Waals surface area contributed by atoms with Gasteiger partial charge in [0, 0.05) is 24.4 Å². The summed E-state index contributed by atoms with van der Waals surface area (Å²) in [4.78, 5) is 4.54. The van der Waals surface area contributed by atoms with Crippen LogP contribution in [0, 0.1) is 12.8 Å². The fourth-order valence-corrected chi connectivity index (χ4v) is 3.94. The Morgan fingerprint density at radius 3 is 3.00 bits per heavy atom. The van der Waals surface area contributed by atoms with Gasteiger partial charge in [-0.3, -0.25) is 0 Å². The molecule has 3 unspecified atom stereocenters. The fraction of sp³-hybridized carbons (Fsp3) is 0.800. The molecule has 1 aromatic heterocycles. The fourth-order valence-electron chi connectivity index (χ4n) is 3.32. The van der Waals surface area contributed by atoms with Crippen molar-refractivity contribution < 1.29 is 4.74 Å². The van der Waals surface area contributed by atoms with E-state index in [4.69, 9.17) is 10.5 Å². The van der Waals surface area contributed by atoms with Gasteiger partial charge in [-0.2, -0.15) is 0 Å². The molecule has 1 heterocycles. The van der Waals surface area contributed by atoms with Gasteiger partial charge in [-0.05, 0) is 32.6 Å². The Labute approximate surface area is 120 Å². The molecule has 0 aromatic carbocycles. The van der Waals surface area contributed by atoms with Crippen molar-refractivity contribution in [1.82, 2.24) is 4.98 Å². The predicted molar refractivity (Wildman–Crippen MR) is 80.5 cm³/mol. The number of hydrogen-bond donors (Lipinski definition) is 1. The smallest absolute Gasteiger partial charge is 0.0897 e. The SMILES string of the molecule is CCOC1(C(N)Cc2csc(C)n2)CCCC(C)C1. The minimum atomic E-state index is -0.135. The van der Waals surface area contributed by atoms with Gasteiger partial charge in [-0.25, -0.2) is 4.98 Å². The third-order valence-corrected chi connectivity index (χ3v) is 5.02. The summed E-state index contributed by atoms with van der Waals surface area (Å²) in [6.45, 7) is 7.17. The van der Waals surface area contributed by atoms with Gasteiger partial charge in [0.05, 0.1) is 16.3 Å². The van der Waals surface area contributed by atoms with Crippen molar-refractivity contribution in [3.8, 4) is 0 Å². The first-order valence-electron chi connectivity index (χ1n) is 7.36. The van der Waals surface area contributed by atoms with Crippen LogP contribution >= 0.6 is 11.3 Å². The number of ether oxygens (including phenoxy) is 1. The molecule has 1 aromatic rings. The molecule has 1 saturated carbocycles. The van der Waals surface area contributed by atoms with Gasteiger partial charge in [0.2, 0.25) is 0 Å². The summed E-state index contributed by atoms with van der Waals surface area (Å²) in [5.41, 5.74) is 7.50. The maximum Gasteiger partial charge on any atom is 0.0897 e. The van der Waals surface area contributed by atoms with Crippen LogP contribution < -0.4 is 5.73 Å². The van der Waals surface area contributed by atoms with Crippen LogP contribution in [0.5, 0.6) is 0 Å². The maximum atomic E-state index is 6.51. The number of hydrogen-bond acceptors (Lipinski definition) is 4. The van der Waals surface area contributed by atoms with Crippen molar-refractivity contribution in [1.29, 1.82) is 0 Å². The van der Waals surface area contributed by atoms with Gasteiger partial charge < -0.3 is 10.5 Å². The monoisotopic (exact) mass is 282 g/mol. The number of aryl methyl sites for hydroxylation is 1. The second kappa shape index (κ2) is 6.33. The summed E-state index contributed by atoms with van der Waals surface area (Å²) in [7, 11) is 0. The molecule has 2 rings (SSSR count). The van der Waals surface area contributed by atoms with E-state index in [2.05, 4.69) is 24.2 Å². The van der Waals surface area contributed by atoms with Gasteiger partial charge in [0.25, 0.3) is 0 Å². The highest BCUT2D eigenvalue weighted by Crippen LogP contribution is 2.38. The minimum Gasteiger partial charge on any atom is -0.374 e. The normalized spacial score (nSPS) is 29.4. The summed E-state index contributed by atoms with van der Waals surface area (Å²) in [5.74, 6) is 0.712. The summed E-state index contributed by atoms with van der Waals surface area (Å²) in [6, 6.07) is 0.0525. The van der Waals surface area contributed by atoms with E-state index in [1.807, 2.05) is 6.92 Å². The van der Waals surface area contributed by atoms with Crippen molar-refractivity contribution in [2.24, 2.45) is 11.7 Å². The minimum absolute atomic E-state index is 0.0525. The Hall–Kier alpha value is -0.450. The average molecular weight is 282 g/mol. The number of rotatable bonds is 5. The van der Waals surface area contributed by atoms with E-state index >= 15 is 0 Å². The first kappa shape index (κ1) is 14.9. The van der Waals surface area contributed by atoms with Gasteiger partial charge in [0.1, 0.15) is 0 Å². The third-order valence-electron chi connectivity index (χ3n) is 4.19. The highest BCUT2D eigenvalue weighted by atomic mass is 32.1. The van der Waals surface area contributed by atoms with Gasteiger partial charge >= 0.3 is 0 Å². The Morgan fingerprint density at radius 2 is 2.42 bits per heavy atom. The van der Waals surface area contributed by atoms with Crippen molar-refractivity contribution in [2.45, 2.75) is 64.5 Å². The first-order chi connectivity index (χ1) is 9.05. The zero-order chi connectivity index (χ0) is 13.9. The topological polar surface area (TPSA) is 48.1 Å². The number of nitrogens with zero attached hydrogens (tertiary/aromatic N) is 1. The third kappa shape index (κ3) is 3.56. The van der Waals surface area contributed by atoms with Gasteiger partial charge in [-0.1, -0.05) is 19.8 Å². The molecular weight excluding hydrogens is 256 g/mol. The molecule has 4 heteroatoms. The van der Waals surface area contributed by atoms with Crippen LogP contribution in [0.1, 0.15) is 50.2 Å². The zero-order valence-electron chi connectivity index (χ0n) is 12.3. The Morgan fingerprint density at radius 1 is 1.63 bits per heavy atom. The molecule has 1 aliphatic carbocycles. The van der Waals surface area contributed by atoms with Gasteiger partial charge in [-0.15, -0.1) is 11.3 Å². The van der Waals surface area contributed by atoms with Crippen LogP contribution in [0.3, 0.4) is 0 Å². The zero-order valence-corrected chi connectivity index (χ0v) is 13.1. The lowest BCUT2D eigenvalue weighted by molar-refractivity contribution is -0.0926. The maximum absolute atomic E-state index is 6.51. The molecule has 0 bridgehead atoms. The molecule has 1 fully saturated rings. The molecule has 108 valence electrons. The van der Waals surface area contributed by atoms with E-state index in [0.717, 1.165) is 36.6 Å². The van der Waals surface area contributed by atoms with Crippen LogP contribution in [0.25, 0.3) is 0 Å². The van der Waals surface area contributed by atoms with Crippen LogP contribution in [-0.2, 0) is 11.2 Å². The van der Waals surface area contributed by atoms with E-state index in [1.165, 1.54) is 12.8 Å². The van der Waals surface area contributed by atoms with Gasteiger partial charge in [0.15, 0.2) is 0 Å². The molecule has 0 radical (unpaired) electrons. The number of nitrogens with two attached hydrogens (primary N) is 1. The second-order valence-electron chi connectivity index (χ2n) is 5.87. The summed E-state index contributed by atoms with van der Waals surface area (Å²) >= 11 is 1.70. The molecule has 1 aliphatic rings. The first-order valence-corrected chi connectivity index (χ1v) is 8.24. The molecular formula is C15H26N2OS. The van der Waals surface area contributed by atoms with Crippen molar-refractivity contribution in [2.75, 3.05) is 6.61 Å². The highest BCUT2D eigenvalue weighted by molar-refractivity contribution is 7.09. The average Bonchev–Trinajstić information content (AvgIpc) is 2.75. The molecule has 3 nitrogen and oxygen atoms in total. The van der Waals surface area contributed by atoms with E-state index < -0.39 is 0 Å². The van der Waals surface area contributed by atoms with Crippen molar-refractivity contribution >= 4 is 11.3 Å². The molecule has 0 saturated heterocycles. The number of aromatic nitrogens is 1. The molecule has 3 atom stereocenters. The number of thiazole rings is 1. The van der Waals surface area contributed by atoms with E-state index in [-0.39, 0.29) is 11.6 Å². The Bertz CT molecular complexity index is 403. The van der Waals surface area contributed by atoms with E-state index in [9.17, 15) is 0 Å². The van der Waals surface area contributed by atoms with E-state index in [0.29, 0.717) is 5.92 Å². The Kier molecular flexibility index (Phi) is 4.98. The van der Waals surface area contributed by atoms with Crippen molar-refractivity contribution in [3.05, 3.63) is 16.1 Å². The summed E-state index contributed by atoms with van der Waals surface area (Å²) in [5, 5.41) is 3.24. The lowest BCUT2D eigenvalue weighted by Crippen LogP contribution is -2.53. The van der Waals surface area contributed by atoms with Crippen LogP contribution in [-0.4, -0.2) is 23.2 Å². The lowest BCUT2D eigenvalue weighted by Gasteiger charge is -2.43. The van der Waals surface area contributed by atoms with Crippen LogP contribution in [0.15, 0.2) is 5.38 Å².